The average Bonchev–Trinajstić information content (AvgIpc) is 2.35. The van der Waals surface area contributed by atoms with E-state index in [0.717, 1.165) is 12.1 Å². The lowest BCUT2D eigenvalue weighted by Gasteiger charge is -2.26. The van der Waals surface area contributed by atoms with Crippen molar-refractivity contribution < 1.29 is 12.8 Å². The van der Waals surface area contributed by atoms with Gasteiger partial charge in [0, 0.05) is 11.4 Å². The topological polar surface area (TPSA) is 46.2 Å². The third-order valence-electron chi connectivity index (χ3n) is 2.75. The summed E-state index contributed by atoms with van der Waals surface area (Å²) in [6.45, 7) is 3.44. The Morgan fingerprint density at radius 2 is 1.95 bits per heavy atom. The molecule has 1 unspecified atom stereocenters. The van der Waals surface area contributed by atoms with E-state index < -0.39 is 26.4 Å². The molecule has 0 aliphatic rings. The zero-order chi connectivity index (χ0) is 14.8. The smallest absolute Gasteiger partial charge is 0.207 e. The van der Waals surface area contributed by atoms with Gasteiger partial charge < -0.3 is 0 Å². The van der Waals surface area contributed by atoms with E-state index in [1.807, 2.05) is 0 Å². The standard InChI is InChI=1S/C11H13Cl3FNO2S/c1-3-11(2,6-12)16-19(17,18)8-5-4-7(13)10(15)9(8)14/h4-5,16H,3,6H2,1-2H3. The summed E-state index contributed by atoms with van der Waals surface area (Å²) in [5.41, 5.74) is -0.834. The molecule has 0 heterocycles. The molecule has 3 nitrogen and oxygen atoms in total. The fourth-order valence-corrected chi connectivity index (χ4v) is 3.85. The highest BCUT2D eigenvalue weighted by atomic mass is 35.5. The van der Waals surface area contributed by atoms with Crippen LogP contribution in [0.5, 0.6) is 0 Å². The quantitative estimate of drug-likeness (QED) is 0.649. The van der Waals surface area contributed by atoms with Crippen LogP contribution in [-0.2, 0) is 10.0 Å². The molecule has 19 heavy (non-hydrogen) atoms. The minimum Gasteiger partial charge on any atom is -0.207 e. The van der Waals surface area contributed by atoms with Crippen LogP contribution >= 0.6 is 34.8 Å². The van der Waals surface area contributed by atoms with Gasteiger partial charge in [-0.05, 0) is 25.5 Å². The zero-order valence-corrected chi connectivity index (χ0v) is 13.4. The summed E-state index contributed by atoms with van der Waals surface area (Å²) in [7, 11) is -3.98. The molecular formula is C11H13Cl3FNO2S. The van der Waals surface area contributed by atoms with E-state index in [4.69, 9.17) is 34.8 Å². The SMILES string of the molecule is CCC(C)(CCl)NS(=O)(=O)c1ccc(Cl)c(F)c1Cl. The Balaban J connectivity index is 3.26. The highest BCUT2D eigenvalue weighted by Gasteiger charge is 2.30. The van der Waals surface area contributed by atoms with Crippen molar-refractivity contribution in [1.29, 1.82) is 0 Å². The van der Waals surface area contributed by atoms with E-state index in [2.05, 4.69) is 4.72 Å². The number of nitrogens with one attached hydrogen (secondary N) is 1. The van der Waals surface area contributed by atoms with Gasteiger partial charge in [0.1, 0.15) is 4.90 Å². The van der Waals surface area contributed by atoms with Crippen molar-refractivity contribution in [3.8, 4) is 0 Å². The van der Waals surface area contributed by atoms with Crippen LogP contribution in [0.1, 0.15) is 20.3 Å². The van der Waals surface area contributed by atoms with E-state index in [0.29, 0.717) is 6.42 Å². The molecular weight excluding hydrogens is 336 g/mol. The van der Waals surface area contributed by atoms with Crippen LogP contribution in [0.4, 0.5) is 4.39 Å². The highest BCUT2D eigenvalue weighted by Crippen LogP contribution is 2.30. The fraction of sp³-hybridized carbons (Fsp3) is 0.455. The molecule has 1 aromatic rings. The maximum absolute atomic E-state index is 13.5. The second-order valence-electron chi connectivity index (χ2n) is 4.33. The maximum atomic E-state index is 13.5. The second kappa shape index (κ2) is 6.14. The van der Waals surface area contributed by atoms with Gasteiger partial charge >= 0.3 is 0 Å². The van der Waals surface area contributed by atoms with Crippen molar-refractivity contribution >= 4 is 44.8 Å². The first-order valence-electron chi connectivity index (χ1n) is 5.40. The summed E-state index contributed by atoms with van der Waals surface area (Å²) < 4.78 is 40.3. The van der Waals surface area contributed by atoms with Crippen molar-refractivity contribution in [2.24, 2.45) is 0 Å². The van der Waals surface area contributed by atoms with Gasteiger partial charge in [0.05, 0.1) is 10.0 Å². The molecule has 1 aromatic carbocycles. The van der Waals surface area contributed by atoms with Gasteiger partial charge in [0.15, 0.2) is 5.82 Å². The molecule has 0 saturated heterocycles. The zero-order valence-electron chi connectivity index (χ0n) is 10.3. The molecule has 0 radical (unpaired) electrons. The van der Waals surface area contributed by atoms with Crippen LogP contribution in [0.2, 0.25) is 10.0 Å². The minimum absolute atomic E-state index is 0.0798. The Bertz CT molecular complexity index is 574. The molecule has 1 N–H and O–H groups in total. The molecule has 0 amide bonds. The van der Waals surface area contributed by atoms with E-state index in [1.165, 1.54) is 0 Å². The van der Waals surface area contributed by atoms with Gasteiger partial charge in [-0.1, -0.05) is 30.1 Å². The predicted molar refractivity (Wildman–Crippen MR) is 76.2 cm³/mol. The summed E-state index contributed by atoms with van der Waals surface area (Å²) in [6, 6.07) is 2.29. The van der Waals surface area contributed by atoms with Gasteiger partial charge in [-0.15, -0.1) is 11.6 Å². The normalized spacial score (nSPS) is 15.3. The number of sulfonamides is 1. The Morgan fingerprint density at radius 1 is 1.37 bits per heavy atom. The summed E-state index contributed by atoms with van der Waals surface area (Å²) in [4.78, 5) is -0.360. The van der Waals surface area contributed by atoms with Gasteiger partial charge in [0.25, 0.3) is 0 Å². The van der Waals surface area contributed by atoms with Crippen LogP contribution in [-0.4, -0.2) is 19.8 Å². The number of benzene rings is 1. The van der Waals surface area contributed by atoms with Crippen molar-refractivity contribution in [3.63, 3.8) is 0 Å². The Morgan fingerprint density at radius 3 is 2.42 bits per heavy atom. The Hall–Kier alpha value is -0.0700. The van der Waals surface area contributed by atoms with E-state index >= 15 is 0 Å². The summed E-state index contributed by atoms with van der Waals surface area (Å²) in [6.07, 6.45) is 0.476. The first-order chi connectivity index (χ1) is 8.67. The first kappa shape index (κ1) is 17.0. The van der Waals surface area contributed by atoms with Crippen LogP contribution in [0.3, 0.4) is 0 Å². The third kappa shape index (κ3) is 3.73. The van der Waals surface area contributed by atoms with Gasteiger partial charge in [-0.2, -0.15) is 0 Å². The molecule has 0 bridgehead atoms. The predicted octanol–water partition coefficient (Wildman–Crippen LogP) is 3.82. The van der Waals surface area contributed by atoms with Crippen molar-refractivity contribution in [2.45, 2.75) is 30.7 Å². The molecule has 0 aliphatic heterocycles. The lowest BCUT2D eigenvalue weighted by molar-refractivity contribution is 0.444. The lowest BCUT2D eigenvalue weighted by atomic mass is 10.0. The summed E-state index contributed by atoms with van der Waals surface area (Å²) in [5.74, 6) is -0.883. The second-order valence-corrected chi connectivity index (χ2v) is 7.03. The van der Waals surface area contributed by atoms with Gasteiger partial charge in [-0.3, -0.25) is 0 Å². The van der Waals surface area contributed by atoms with Gasteiger partial charge in [0.2, 0.25) is 10.0 Å². The van der Waals surface area contributed by atoms with Crippen molar-refractivity contribution in [1.82, 2.24) is 4.72 Å². The Labute approximate surface area is 127 Å². The fourth-order valence-electron chi connectivity index (χ4n) is 1.29. The number of alkyl halides is 1. The van der Waals surface area contributed by atoms with Crippen LogP contribution in [0, 0.1) is 5.82 Å². The summed E-state index contributed by atoms with van der Waals surface area (Å²) >= 11 is 17.0. The van der Waals surface area contributed by atoms with E-state index in [-0.39, 0.29) is 15.8 Å². The first-order valence-corrected chi connectivity index (χ1v) is 8.17. The number of hydrogen-bond donors (Lipinski definition) is 1. The third-order valence-corrected chi connectivity index (χ3v) is 5.79. The van der Waals surface area contributed by atoms with Crippen LogP contribution in [0.25, 0.3) is 0 Å². The Kier molecular flexibility index (Phi) is 5.49. The molecule has 108 valence electrons. The van der Waals surface area contributed by atoms with E-state index in [9.17, 15) is 12.8 Å². The van der Waals surface area contributed by atoms with Crippen LogP contribution in [0.15, 0.2) is 17.0 Å². The van der Waals surface area contributed by atoms with Crippen LogP contribution < -0.4 is 4.72 Å². The van der Waals surface area contributed by atoms with Crippen molar-refractivity contribution in [3.05, 3.63) is 28.0 Å². The highest BCUT2D eigenvalue weighted by molar-refractivity contribution is 7.89. The molecule has 0 fully saturated rings. The molecule has 0 spiro atoms. The monoisotopic (exact) mass is 347 g/mol. The largest absolute Gasteiger partial charge is 0.242 e. The van der Waals surface area contributed by atoms with E-state index in [1.54, 1.807) is 13.8 Å². The molecule has 0 aromatic heterocycles. The lowest BCUT2D eigenvalue weighted by Crippen LogP contribution is -2.47. The molecule has 0 aliphatic carbocycles. The molecule has 1 rings (SSSR count). The number of hydrogen-bond acceptors (Lipinski definition) is 2. The van der Waals surface area contributed by atoms with Gasteiger partial charge in [-0.25, -0.2) is 17.5 Å². The average molecular weight is 349 g/mol. The number of halogens is 4. The maximum Gasteiger partial charge on any atom is 0.242 e. The molecule has 0 saturated carbocycles. The summed E-state index contributed by atoms with van der Waals surface area (Å²) in [5, 5.41) is -0.771. The number of rotatable bonds is 5. The molecule has 8 heteroatoms. The molecule has 1 atom stereocenters. The van der Waals surface area contributed by atoms with Crippen molar-refractivity contribution in [2.75, 3.05) is 5.88 Å². The minimum atomic E-state index is -3.98.